The third kappa shape index (κ3) is 2.26. The van der Waals surface area contributed by atoms with E-state index >= 15 is 0 Å². The van der Waals surface area contributed by atoms with Gasteiger partial charge in [0.15, 0.2) is 0 Å². The lowest BCUT2D eigenvalue weighted by atomic mass is 9.85. The number of halogens is 2. The summed E-state index contributed by atoms with van der Waals surface area (Å²) in [4.78, 5) is 0. The van der Waals surface area contributed by atoms with Gasteiger partial charge in [0.05, 0.1) is 0 Å². The monoisotopic (exact) mass is 246 g/mol. The van der Waals surface area contributed by atoms with Crippen molar-refractivity contribution >= 4 is 11.3 Å². The molecule has 3 atom stereocenters. The first-order chi connectivity index (χ1) is 7.59. The molecule has 0 amide bonds. The van der Waals surface area contributed by atoms with Gasteiger partial charge >= 0.3 is 0 Å². The lowest BCUT2D eigenvalue weighted by molar-refractivity contribution is 0.148. The molecule has 2 nitrogen and oxygen atoms in total. The number of hydrogen-bond donors (Lipinski definition) is 2. The van der Waals surface area contributed by atoms with Crippen molar-refractivity contribution in [3.05, 3.63) is 21.9 Å². The van der Waals surface area contributed by atoms with E-state index in [0.29, 0.717) is 12.5 Å². The van der Waals surface area contributed by atoms with Gasteiger partial charge in [-0.05, 0) is 28.7 Å². The van der Waals surface area contributed by atoms with Crippen molar-refractivity contribution in [2.45, 2.75) is 31.9 Å². The van der Waals surface area contributed by atoms with Crippen LogP contribution in [-0.4, -0.2) is 12.6 Å². The van der Waals surface area contributed by atoms with Crippen LogP contribution in [0.1, 0.15) is 36.9 Å². The van der Waals surface area contributed by atoms with Crippen molar-refractivity contribution < 1.29 is 8.78 Å². The van der Waals surface area contributed by atoms with Gasteiger partial charge < -0.3 is 11.1 Å². The van der Waals surface area contributed by atoms with Gasteiger partial charge in [-0.25, -0.2) is 8.78 Å². The molecule has 1 aliphatic heterocycles. The maximum Gasteiger partial charge on any atom is 0.264 e. The minimum Gasteiger partial charge on any atom is -0.327 e. The molecular formula is C11H16F2N2S. The first-order valence-electron chi connectivity index (χ1n) is 5.42. The van der Waals surface area contributed by atoms with Gasteiger partial charge in [0.2, 0.25) is 0 Å². The zero-order chi connectivity index (χ0) is 11.7. The zero-order valence-corrected chi connectivity index (χ0v) is 9.94. The fourth-order valence-electron chi connectivity index (χ4n) is 2.34. The molecule has 0 radical (unpaired) electrons. The summed E-state index contributed by atoms with van der Waals surface area (Å²) >= 11 is 1.34. The Balaban J connectivity index is 2.20. The maximum atomic E-state index is 12.8. The second-order valence-electron chi connectivity index (χ2n) is 4.44. The highest BCUT2D eigenvalue weighted by Crippen LogP contribution is 2.36. The Bertz CT molecular complexity index is 354. The number of thiophene rings is 1. The lowest BCUT2D eigenvalue weighted by Crippen LogP contribution is -2.45. The summed E-state index contributed by atoms with van der Waals surface area (Å²) in [5.41, 5.74) is 6.75. The average molecular weight is 246 g/mol. The second kappa shape index (κ2) is 4.77. The molecule has 1 aromatic heterocycles. The fourth-order valence-corrected chi connectivity index (χ4v) is 3.22. The minimum absolute atomic E-state index is 0.0232. The Labute approximate surface area is 97.8 Å². The van der Waals surface area contributed by atoms with Crippen LogP contribution in [0.5, 0.6) is 0 Å². The maximum absolute atomic E-state index is 12.8. The first-order valence-corrected chi connectivity index (χ1v) is 6.37. The van der Waals surface area contributed by atoms with Gasteiger partial charge in [-0.15, -0.1) is 0 Å². The SMILES string of the molecule is CC1CC(N)CNC1c1cscc1C(F)F. The van der Waals surface area contributed by atoms with Gasteiger partial charge in [-0.3, -0.25) is 0 Å². The van der Waals surface area contributed by atoms with Crippen LogP contribution in [-0.2, 0) is 0 Å². The Morgan fingerprint density at radius 1 is 1.50 bits per heavy atom. The van der Waals surface area contributed by atoms with Crippen LogP contribution in [0.3, 0.4) is 0 Å². The van der Waals surface area contributed by atoms with E-state index in [1.807, 2.05) is 5.38 Å². The molecule has 0 saturated carbocycles. The van der Waals surface area contributed by atoms with Crippen LogP contribution >= 0.6 is 11.3 Å². The van der Waals surface area contributed by atoms with Crippen molar-refractivity contribution in [3.63, 3.8) is 0 Å². The molecule has 16 heavy (non-hydrogen) atoms. The van der Waals surface area contributed by atoms with E-state index in [1.165, 1.54) is 11.3 Å². The Kier molecular flexibility index (Phi) is 3.56. The number of piperidine rings is 1. The van der Waals surface area contributed by atoms with E-state index < -0.39 is 6.43 Å². The van der Waals surface area contributed by atoms with Crippen LogP contribution in [0.15, 0.2) is 10.8 Å². The summed E-state index contributed by atoms with van der Waals surface area (Å²) < 4.78 is 25.5. The van der Waals surface area contributed by atoms with Crippen molar-refractivity contribution in [2.75, 3.05) is 6.54 Å². The van der Waals surface area contributed by atoms with Gasteiger partial charge in [0, 0.05) is 24.2 Å². The van der Waals surface area contributed by atoms with E-state index in [2.05, 4.69) is 12.2 Å². The molecule has 2 heterocycles. The average Bonchev–Trinajstić information content (AvgIpc) is 2.66. The molecular weight excluding hydrogens is 230 g/mol. The number of nitrogens with one attached hydrogen (secondary N) is 1. The molecule has 2 rings (SSSR count). The molecule has 90 valence electrons. The van der Waals surface area contributed by atoms with E-state index in [0.717, 1.165) is 12.0 Å². The van der Waals surface area contributed by atoms with E-state index in [-0.39, 0.29) is 17.6 Å². The second-order valence-corrected chi connectivity index (χ2v) is 5.19. The molecule has 5 heteroatoms. The molecule has 0 aliphatic carbocycles. The first kappa shape index (κ1) is 12.0. The quantitative estimate of drug-likeness (QED) is 0.842. The standard InChI is InChI=1S/C11H16F2N2S/c1-6-2-7(14)3-15-10(6)8-4-16-5-9(8)11(12)13/h4-7,10-11,15H,2-3,14H2,1H3. The van der Waals surface area contributed by atoms with Crippen LogP contribution in [0.4, 0.5) is 8.78 Å². The van der Waals surface area contributed by atoms with Crippen molar-refractivity contribution in [1.29, 1.82) is 0 Å². The van der Waals surface area contributed by atoms with Gasteiger partial charge in [-0.1, -0.05) is 6.92 Å². The molecule has 0 aromatic carbocycles. The molecule has 1 aromatic rings. The van der Waals surface area contributed by atoms with Crippen LogP contribution in [0.25, 0.3) is 0 Å². The summed E-state index contributed by atoms with van der Waals surface area (Å²) in [5, 5.41) is 6.64. The van der Waals surface area contributed by atoms with E-state index in [4.69, 9.17) is 5.73 Å². The normalized spacial score (nSPS) is 30.9. The molecule has 3 unspecified atom stereocenters. The molecule has 1 saturated heterocycles. The fraction of sp³-hybridized carbons (Fsp3) is 0.636. The predicted molar refractivity (Wildman–Crippen MR) is 61.8 cm³/mol. The van der Waals surface area contributed by atoms with E-state index in [1.54, 1.807) is 5.38 Å². The minimum atomic E-state index is -2.38. The smallest absolute Gasteiger partial charge is 0.264 e. The highest BCUT2D eigenvalue weighted by Gasteiger charge is 2.30. The number of rotatable bonds is 2. The highest BCUT2D eigenvalue weighted by atomic mass is 32.1. The van der Waals surface area contributed by atoms with Crippen LogP contribution < -0.4 is 11.1 Å². The summed E-state index contributed by atoms with van der Waals surface area (Å²) in [5.74, 6) is 0.302. The molecule has 1 fully saturated rings. The Hall–Kier alpha value is -0.520. The van der Waals surface area contributed by atoms with E-state index in [9.17, 15) is 8.78 Å². The van der Waals surface area contributed by atoms with Crippen molar-refractivity contribution in [3.8, 4) is 0 Å². The van der Waals surface area contributed by atoms with Gasteiger partial charge in [0.1, 0.15) is 0 Å². The summed E-state index contributed by atoms with van der Waals surface area (Å²) in [7, 11) is 0. The van der Waals surface area contributed by atoms with Crippen LogP contribution in [0, 0.1) is 5.92 Å². The number of hydrogen-bond acceptors (Lipinski definition) is 3. The lowest BCUT2D eigenvalue weighted by Gasteiger charge is -2.34. The van der Waals surface area contributed by atoms with Gasteiger partial charge in [-0.2, -0.15) is 11.3 Å². The Morgan fingerprint density at radius 2 is 2.25 bits per heavy atom. The molecule has 0 bridgehead atoms. The third-order valence-corrected chi connectivity index (χ3v) is 3.92. The number of nitrogens with two attached hydrogens (primary N) is 1. The third-order valence-electron chi connectivity index (χ3n) is 3.14. The topological polar surface area (TPSA) is 38.0 Å². The molecule has 3 N–H and O–H groups in total. The number of alkyl halides is 2. The molecule has 0 spiro atoms. The van der Waals surface area contributed by atoms with Crippen molar-refractivity contribution in [1.82, 2.24) is 5.32 Å². The summed E-state index contributed by atoms with van der Waals surface area (Å²) in [6.45, 7) is 2.76. The summed E-state index contributed by atoms with van der Waals surface area (Å²) in [6.07, 6.45) is -1.50. The van der Waals surface area contributed by atoms with Gasteiger partial charge in [0.25, 0.3) is 6.43 Å². The summed E-state index contributed by atoms with van der Waals surface area (Å²) in [6, 6.07) is 0.162. The predicted octanol–water partition coefficient (Wildman–Crippen LogP) is 2.68. The van der Waals surface area contributed by atoms with Crippen LogP contribution in [0.2, 0.25) is 0 Å². The molecule has 1 aliphatic rings. The zero-order valence-electron chi connectivity index (χ0n) is 9.12. The largest absolute Gasteiger partial charge is 0.327 e. The highest BCUT2D eigenvalue weighted by molar-refractivity contribution is 7.08. The Morgan fingerprint density at radius 3 is 2.88 bits per heavy atom. The van der Waals surface area contributed by atoms with Crippen molar-refractivity contribution in [2.24, 2.45) is 11.7 Å².